The van der Waals surface area contributed by atoms with Crippen LogP contribution in [0, 0.1) is 0 Å². The second-order valence-electron chi connectivity index (χ2n) is 4.15. The van der Waals surface area contributed by atoms with E-state index in [4.69, 9.17) is 5.73 Å². The average Bonchev–Trinajstić information content (AvgIpc) is 2.62. The number of rotatable bonds is 5. The molecular formula is C10H18F3NS. The summed E-state index contributed by atoms with van der Waals surface area (Å²) in [6, 6.07) is -0.308. The first-order chi connectivity index (χ1) is 6.97. The molecule has 0 amide bonds. The number of thioether (sulfide) groups is 1. The Balaban J connectivity index is 2.05. The Morgan fingerprint density at radius 3 is 2.40 bits per heavy atom. The van der Waals surface area contributed by atoms with Crippen molar-refractivity contribution in [2.75, 3.05) is 5.75 Å². The van der Waals surface area contributed by atoms with Gasteiger partial charge < -0.3 is 5.73 Å². The maximum atomic E-state index is 11.9. The van der Waals surface area contributed by atoms with Crippen molar-refractivity contribution in [3.63, 3.8) is 0 Å². The molecule has 1 fully saturated rings. The number of halogens is 3. The van der Waals surface area contributed by atoms with Gasteiger partial charge in [-0.2, -0.15) is 24.9 Å². The summed E-state index contributed by atoms with van der Waals surface area (Å²) in [6.45, 7) is 0. The molecule has 0 aromatic heterocycles. The highest BCUT2D eigenvalue weighted by Gasteiger charge is 2.27. The van der Waals surface area contributed by atoms with Crippen LogP contribution >= 0.6 is 11.8 Å². The molecule has 1 aliphatic carbocycles. The predicted molar refractivity (Wildman–Crippen MR) is 58.0 cm³/mol. The minimum atomic E-state index is -4.06. The van der Waals surface area contributed by atoms with Crippen LogP contribution in [0.5, 0.6) is 0 Å². The third-order valence-electron chi connectivity index (χ3n) is 2.65. The first kappa shape index (κ1) is 13.2. The lowest BCUT2D eigenvalue weighted by Gasteiger charge is -2.15. The van der Waals surface area contributed by atoms with Gasteiger partial charge in [0.1, 0.15) is 0 Å². The largest absolute Gasteiger partial charge is 0.389 e. The van der Waals surface area contributed by atoms with Crippen LogP contribution in [0.15, 0.2) is 0 Å². The van der Waals surface area contributed by atoms with E-state index in [9.17, 15) is 13.2 Å². The van der Waals surface area contributed by atoms with Crippen LogP contribution in [0.1, 0.15) is 38.5 Å². The van der Waals surface area contributed by atoms with Crippen LogP contribution in [0.25, 0.3) is 0 Å². The van der Waals surface area contributed by atoms with Crippen LogP contribution in [0.4, 0.5) is 13.2 Å². The molecule has 1 unspecified atom stereocenters. The Labute approximate surface area is 93.0 Å². The zero-order chi connectivity index (χ0) is 11.3. The summed E-state index contributed by atoms with van der Waals surface area (Å²) in [5.41, 5.74) is 5.64. The van der Waals surface area contributed by atoms with Gasteiger partial charge in [0.15, 0.2) is 0 Å². The van der Waals surface area contributed by atoms with Gasteiger partial charge >= 0.3 is 6.18 Å². The molecule has 0 aliphatic heterocycles. The fourth-order valence-electron chi connectivity index (χ4n) is 1.75. The van der Waals surface area contributed by atoms with Gasteiger partial charge in [-0.15, -0.1) is 0 Å². The van der Waals surface area contributed by atoms with E-state index in [1.54, 1.807) is 11.8 Å². The second-order valence-corrected chi connectivity index (χ2v) is 5.49. The minimum absolute atomic E-state index is 0.0588. The first-order valence-corrected chi connectivity index (χ1v) is 6.46. The molecule has 2 N–H and O–H groups in total. The van der Waals surface area contributed by atoms with Crippen LogP contribution in [-0.2, 0) is 0 Å². The third kappa shape index (κ3) is 6.30. The molecular weight excluding hydrogens is 223 g/mol. The fraction of sp³-hybridized carbons (Fsp3) is 1.00. The van der Waals surface area contributed by atoms with Crippen molar-refractivity contribution >= 4 is 11.8 Å². The van der Waals surface area contributed by atoms with Crippen molar-refractivity contribution < 1.29 is 13.2 Å². The van der Waals surface area contributed by atoms with E-state index in [1.807, 2.05) is 0 Å². The Morgan fingerprint density at radius 1 is 1.27 bits per heavy atom. The normalized spacial score (nSPS) is 20.8. The summed E-state index contributed by atoms with van der Waals surface area (Å²) in [7, 11) is 0. The molecule has 0 aromatic carbocycles. The molecule has 0 saturated heterocycles. The molecule has 1 atom stereocenters. The Kier molecular flexibility index (Phi) is 5.26. The minimum Gasteiger partial charge on any atom is -0.327 e. The summed E-state index contributed by atoms with van der Waals surface area (Å²) < 4.78 is 35.7. The highest BCUT2D eigenvalue weighted by molar-refractivity contribution is 7.99. The predicted octanol–water partition coefficient (Wildman–Crippen LogP) is 3.33. The monoisotopic (exact) mass is 241 g/mol. The Morgan fingerprint density at radius 2 is 1.87 bits per heavy atom. The summed E-state index contributed by atoms with van der Waals surface area (Å²) in [5.74, 6) is 0.667. The zero-order valence-corrected chi connectivity index (χ0v) is 9.54. The van der Waals surface area contributed by atoms with Gasteiger partial charge in [-0.3, -0.25) is 0 Å². The lowest BCUT2D eigenvalue weighted by molar-refractivity contribution is -0.136. The summed E-state index contributed by atoms with van der Waals surface area (Å²) >= 11 is 1.75. The van der Waals surface area contributed by atoms with Crippen LogP contribution in [0.2, 0.25) is 0 Å². The summed E-state index contributed by atoms with van der Waals surface area (Å²) in [5, 5.41) is 0.641. The van der Waals surface area contributed by atoms with E-state index in [0.717, 1.165) is 0 Å². The number of alkyl halides is 3. The maximum absolute atomic E-state index is 11.9. The molecule has 1 saturated carbocycles. The van der Waals surface area contributed by atoms with Gasteiger partial charge in [-0.05, 0) is 19.3 Å². The zero-order valence-electron chi connectivity index (χ0n) is 8.72. The molecule has 15 heavy (non-hydrogen) atoms. The molecule has 1 rings (SSSR count). The highest BCUT2D eigenvalue weighted by Crippen LogP contribution is 2.30. The number of hydrogen-bond acceptors (Lipinski definition) is 2. The van der Waals surface area contributed by atoms with E-state index in [-0.39, 0.29) is 12.5 Å². The smallest absolute Gasteiger partial charge is 0.327 e. The summed E-state index contributed by atoms with van der Waals surface area (Å²) in [6.07, 6.45) is 0.177. The van der Waals surface area contributed by atoms with Crippen LogP contribution < -0.4 is 5.73 Å². The standard InChI is InChI=1S/C10H18F3NS/c11-10(12,13)6-5-8(14)7-15-9-3-1-2-4-9/h8-9H,1-7,14H2. The molecule has 1 aliphatic rings. The van der Waals surface area contributed by atoms with Gasteiger partial charge in [0.05, 0.1) is 0 Å². The van der Waals surface area contributed by atoms with Crippen molar-refractivity contribution in [1.29, 1.82) is 0 Å². The Bertz CT molecular complexity index is 178. The topological polar surface area (TPSA) is 26.0 Å². The van der Waals surface area contributed by atoms with E-state index in [1.165, 1.54) is 25.7 Å². The molecule has 0 spiro atoms. The lowest BCUT2D eigenvalue weighted by atomic mass is 10.2. The van der Waals surface area contributed by atoms with E-state index >= 15 is 0 Å². The SMILES string of the molecule is NC(CCC(F)(F)F)CSC1CCCC1. The van der Waals surface area contributed by atoms with Crippen molar-refractivity contribution in [3.05, 3.63) is 0 Å². The van der Waals surface area contributed by atoms with E-state index < -0.39 is 12.6 Å². The fourth-order valence-corrected chi connectivity index (χ4v) is 3.10. The Hall–Kier alpha value is 0.100. The van der Waals surface area contributed by atoms with Gasteiger partial charge in [0, 0.05) is 23.5 Å². The van der Waals surface area contributed by atoms with Crippen LogP contribution in [0.3, 0.4) is 0 Å². The van der Waals surface area contributed by atoms with Crippen molar-refractivity contribution in [3.8, 4) is 0 Å². The molecule has 0 radical (unpaired) electrons. The molecule has 0 bridgehead atoms. The van der Waals surface area contributed by atoms with Crippen LogP contribution in [-0.4, -0.2) is 23.2 Å². The highest BCUT2D eigenvalue weighted by atomic mass is 32.2. The van der Waals surface area contributed by atoms with E-state index in [0.29, 0.717) is 11.0 Å². The van der Waals surface area contributed by atoms with E-state index in [2.05, 4.69) is 0 Å². The molecule has 90 valence electrons. The molecule has 0 heterocycles. The number of hydrogen-bond donors (Lipinski definition) is 1. The van der Waals surface area contributed by atoms with Gasteiger partial charge in [-0.25, -0.2) is 0 Å². The van der Waals surface area contributed by atoms with Gasteiger partial charge in [0.2, 0.25) is 0 Å². The second kappa shape index (κ2) is 5.99. The first-order valence-electron chi connectivity index (χ1n) is 5.41. The maximum Gasteiger partial charge on any atom is 0.389 e. The van der Waals surface area contributed by atoms with Crippen molar-refractivity contribution in [2.24, 2.45) is 5.73 Å². The molecule has 5 heteroatoms. The van der Waals surface area contributed by atoms with Crippen molar-refractivity contribution in [1.82, 2.24) is 0 Å². The average molecular weight is 241 g/mol. The summed E-state index contributed by atoms with van der Waals surface area (Å²) in [4.78, 5) is 0. The van der Waals surface area contributed by atoms with Gasteiger partial charge in [0.25, 0.3) is 0 Å². The molecule has 0 aromatic rings. The molecule has 1 nitrogen and oxygen atoms in total. The van der Waals surface area contributed by atoms with Gasteiger partial charge in [-0.1, -0.05) is 12.8 Å². The van der Waals surface area contributed by atoms with Crippen molar-refractivity contribution in [2.45, 2.75) is 56.0 Å². The quantitative estimate of drug-likeness (QED) is 0.799. The number of nitrogens with two attached hydrogens (primary N) is 1. The third-order valence-corrected chi connectivity index (χ3v) is 4.21. The lowest BCUT2D eigenvalue weighted by Crippen LogP contribution is -2.26.